The predicted octanol–water partition coefficient (Wildman–Crippen LogP) is 4.30. The van der Waals surface area contributed by atoms with E-state index in [0.29, 0.717) is 25.2 Å². The van der Waals surface area contributed by atoms with Crippen LogP contribution in [-0.4, -0.2) is 11.1 Å². The van der Waals surface area contributed by atoms with Gasteiger partial charge in [0.15, 0.2) is 0 Å². The summed E-state index contributed by atoms with van der Waals surface area (Å²) in [5.74, 6) is -0.733. The van der Waals surface area contributed by atoms with Crippen molar-refractivity contribution in [3.8, 4) is 0 Å². The first-order valence-corrected chi connectivity index (χ1v) is 7.02. The Bertz CT molecular complexity index is 489. The van der Waals surface area contributed by atoms with Gasteiger partial charge >= 0.3 is 5.97 Å². The SMILES string of the molecule is CCC1CCC(Cc2ccc(F)c(Cl)c2)(C(=O)O)C1. The molecule has 1 N–H and O–H groups in total. The van der Waals surface area contributed by atoms with E-state index in [4.69, 9.17) is 11.6 Å². The molecule has 0 heterocycles. The van der Waals surface area contributed by atoms with E-state index in [-0.39, 0.29) is 5.02 Å². The van der Waals surface area contributed by atoms with Crippen LogP contribution < -0.4 is 0 Å². The zero-order valence-corrected chi connectivity index (χ0v) is 11.7. The maximum absolute atomic E-state index is 13.1. The molecule has 0 spiro atoms. The first-order valence-electron chi connectivity index (χ1n) is 6.64. The lowest BCUT2D eigenvalue weighted by atomic mass is 9.79. The van der Waals surface area contributed by atoms with Crippen LogP contribution >= 0.6 is 11.6 Å². The number of rotatable bonds is 4. The van der Waals surface area contributed by atoms with Crippen molar-refractivity contribution in [2.24, 2.45) is 11.3 Å². The molecule has 1 fully saturated rings. The lowest BCUT2D eigenvalue weighted by Gasteiger charge is -2.24. The third-order valence-electron chi connectivity index (χ3n) is 4.27. The number of carbonyl (C=O) groups is 1. The van der Waals surface area contributed by atoms with E-state index in [1.54, 1.807) is 12.1 Å². The summed E-state index contributed by atoms with van der Waals surface area (Å²) >= 11 is 5.76. The van der Waals surface area contributed by atoms with Gasteiger partial charge in [-0.1, -0.05) is 31.0 Å². The highest BCUT2D eigenvalue weighted by molar-refractivity contribution is 6.30. The molecule has 1 aromatic rings. The molecule has 2 rings (SSSR count). The first kappa shape index (κ1) is 14.3. The van der Waals surface area contributed by atoms with Gasteiger partial charge in [-0.15, -0.1) is 0 Å². The van der Waals surface area contributed by atoms with Crippen molar-refractivity contribution < 1.29 is 14.3 Å². The molecule has 1 aromatic carbocycles. The van der Waals surface area contributed by atoms with Crippen LogP contribution in [0.3, 0.4) is 0 Å². The van der Waals surface area contributed by atoms with Gasteiger partial charge in [0.1, 0.15) is 5.82 Å². The van der Waals surface area contributed by atoms with E-state index in [9.17, 15) is 14.3 Å². The van der Waals surface area contributed by atoms with Crippen molar-refractivity contribution in [2.75, 3.05) is 0 Å². The molecule has 0 radical (unpaired) electrons. The zero-order chi connectivity index (χ0) is 14.0. The largest absolute Gasteiger partial charge is 0.481 e. The molecular weight excluding hydrogens is 267 g/mol. The van der Waals surface area contributed by atoms with Gasteiger partial charge in [-0.25, -0.2) is 4.39 Å². The maximum Gasteiger partial charge on any atom is 0.309 e. The molecule has 0 aliphatic heterocycles. The van der Waals surface area contributed by atoms with Crippen molar-refractivity contribution in [3.05, 3.63) is 34.6 Å². The Morgan fingerprint density at radius 2 is 2.32 bits per heavy atom. The minimum Gasteiger partial charge on any atom is -0.481 e. The molecule has 0 amide bonds. The van der Waals surface area contributed by atoms with Crippen LogP contribution in [0.5, 0.6) is 0 Å². The Balaban J connectivity index is 2.22. The third kappa shape index (κ3) is 2.92. The zero-order valence-electron chi connectivity index (χ0n) is 11.0. The minimum absolute atomic E-state index is 0.0584. The summed E-state index contributed by atoms with van der Waals surface area (Å²) in [6, 6.07) is 4.48. The van der Waals surface area contributed by atoms with Gasteiger partial charge in [0.05, 0.1) is 10.4 Å². The second-order valence-corrected chi connectivity index (χ2v) is 5.93. The molecule has 2 unspecified atom stereocenters. The standard InChI is InChI=1S/C15H18ClFO2/c1-2-10-5-6-15(8-10,14(18)19)9-11-3-4-13(17)12(16)7-11/h3-4,7,10H,2,5-6,8-9H2,1H3,(H,18,19). The minimum atomic E-state index is -0.746. The maximum atomic E-state index is 13.1. The van der Waals surface area contributed by atoms with Gasteiger partial charge in [0.25, 0.3) is 0 Å². The average Bonchev–Trinajstić information content (AvgIpc) is 2.79. The summed E-state index contributed by atoms with van der Waals surface area (Å²) in [4.78, 5) is 11.6. The number of hydrogen-bond acceptors (Lipinski definition) is 1. The predicted molar refractivity (Wildman–Crippen MR) is 72.8 cm³/mol. The summed E-state index contributed by atoms with van der Waals surface area (Å²) in [6.45, 7) is 2.09. The molecule has 0 bridgehead atoms. The quantitative estimate of drug-likeness (QED) is 0.895. The Morgan fingerprint density at radius 3 is 2.84 bits per heavy atom. The number of carboxylic acids is 1. The van der Waals surface area contributed by atoms with E-state index in [1.165, 1.54) is 6.07 Å². The van der Waals surface area contributed by atoms with Gasteiger partial charge in [-0.05, 0) is 49.3 Å². The normalized spacial score (nSPS) is 26.6. The molecule has 2 atom stereocenters. The third-order valence-corrected chi connectivity index (χ3v) is 4.56. The fraction of sp³-hybridized carbons (Fsp3) is 0.533. The van der Waals surface area contributed by atoms with Gasteiger partial charge in [-0.3, -0.25) is 4.79 Å². The second-order valence-electron chi connectivity index (χ2n) is 5.53. The summed E-state index contributed by atoms with van der Waals surface area (Å²) in [5.41, 5.74) is 0.0903. The molecular formula is C15H18ClFO2. The van der Waals surface area contributed by atoms with Gasteiger partial charge in [-0.2, -0.15) is 0 Å². The van der Waals surface area contributed by atoms with Crippen molar-refractivity contribution in [1.82, 2.24) is 0 Å². The van der Waals surface area contributed by atoms with Gasteiger partial charge < -0.3 is 5.11 Å². The highest BCUT2D eigenvalue weighted by Gasteiger charge is 2.44. The molecule has 0 saturated heterocycles. The van der Waals surface area contributed by atoms with E-state index < -0.39 is 17.2 Å². The number of carboxylic acid groups (broad SMARTS) is 1. The van der Waals surface area contributed by atoms with Crippen molar-refractivity contribution in [2.45, 2.75) is 39.0 Å². The molecule has 104 valence electrons. The number of halogens is 2. The molecule has 2 nitrogen and oxygen atoms in total. The Hall–Kier alpha value is -1.09. The van der Waals surface area contributed by atoms with E-state index in [0.717, 1.165) is 18.4 Å². The molecule has 19 heavy (non-hydrogen) atoms. The smallest absolute Gasteiger partial charge is 0.309 e. The molecule has 1 aliphatic rings. The number of aliphatic carboxylic acids is 1. The first-order chi connectivity index (χ1) is 8.97. The van der Waals surface area contributed by atoms with E-state index in [1.807, 2.05) is 0 Å². The van der Waals surface area contributed by atoms with Crippen LogP contribution in [0.25, 0.3) is 0 Å². The van der Waals surface area contributed by atoms with Crippen molar-refractivity contribution in [1.29, 1.82) is 0 Å². The van der Waals surface area contributed by atoms with Gasteiger partial charge in [0, 0.05) is 0 Å². The Labute approximate surface area is 117 Å². The number of benzene rings is 1. The van der Waals surface area contributed by atoms with Crippen LogP contribution in [0.1, 0.15) is 38.2 Å². The fourth-order valence-electron chi connectivity index (χ4n) is 3.06. The molecule has 0 aromatic heterocycles. The Kier molecular flexibility index (Phi) is 4.14. The molecule has 4 heteroatoms. The van der Waals surface area contributed by atoms with Crippen LogP contribution in [0.2, 0.25) is 5.02 Å². The lowest BCUT2D eigenvalue weighted by Crippen LogP contribution is -2.30. The average molecular weight is 285 g/mol. The van der Waals surface area contributed by atoms with Gasteiger partial charge in [0.2, 0.25) is 0 Å². The fourth-order valence-corrected chi connectivity index (χ4v) is 3.26. The topological polar surface area (TPSA) is 37.3 Å². The van der Waals surface area contributed by atoms with Crippen molar-refractivity contribution >= 4 is 17.6 Å². The van der Waals surface area contributed by atoms with Crippen LogP contribution in [0.15, 0.2) is 18.2 Å². The molecule has 1 saturated carbocycles. The van der Waals surface area contributed by atoms with Crippen LogP contribution in [0.4, 0.5) is 4.39 Å². The summed E-state index contributed by atoms with van der Waals surface area (Å²) in [7, 11) is 0. The monoisotopic (exact) mass is 284 g/mol. The second kappa shape index (κ2) is 5.49. The van der Waals surface area contributed by atoms with Crippen molar-refractivity contribution in [3.63, 3.8) is 0 Å². The lowest BCUT2D eigenvalue weighted by molar-refractivity contribution is -0.148. The molecule has 1 aliphatic carbocycles. The summed E-state index contributed by atoms with van der Waals surface area (Å²) in [6.07, 6.45) is 3.79. The summed E-state index contributed by atoms with van der Waals surface area (Å²) in [5, 5.41) is 9.61. The van der Waals surface area contributed by atoms with E-state index >= 15 is 0 Å². The highest BCUT2D eigenvalue weighted by atomic mass is 35.5. The van der Waals surface area contributed by atoms with Crippen LogP contribution in [0, 0.1) is 17.2 Å². The summed E-state index contributed by atoms with van der Waals surface area (Å²) < 4.78 is 13.1. The highest BCUT2D eigenvalue weighted by Crippen LogP contribution is 2.45. The van der Waals surface area contributed by atoms with E-state index in [2.05, 4.69) is 6.92 Å². The Morgan fingerprint density at radius 1 is 1.58 bits per heavy atom. The van der Waals surface area contributed by atoms with Crippen LogP contribution in [-0.2, 0) is 11.2 Å². The number of hydrogen-bond donors (Lipinski definition) is 1.